The Morgan fingerprint density at radius 1 is 1.50 bits per heavy atom. The number of carbonyl (C=O) groups excluding carboxylic acids is 1. The second kappa shape index (κ2) is 4.68. The summed E-state index contributed by atoms with van der Waals surface area (Å²) in [5.74, 6) is -2.02. The fraction of sp³-hybridized carbons (Fsp3) is 0.583. The van der Waals surface area contributed by atoms with E-state index in [2.05, 4.69) is 10.3 Å². The van der Waals surface area contributed by atoms with E-state index in [0.29, 0.717) is 13.0 Å². The summed E-state index contributed by atoms with van der Waals surface area (Å²) < 4.78 is 0. The molecule has 1 saturated carbocycles. The van der Waals surface area contributed by atoms with E-state index in [9.17, 15) is 9.59 Å². The Labute approximate surface area is 109 Å². The van der Waals surface area contributed by atoms with Gasteiger partial charge in [-0.15, -0.1) is 11.3 Å². The van der Waals surface area contributed by atoms with Gasteiger partial charge in [-0.05, 0) is 5.41 Å². The van der Waals surface area contributed by atoms with Crippen molar-refractivity contribution in [2.24, 2.45) is 17.3 Å². The van der Waals surface area contributed by atoms with E-state index >= 15 is 0 Å². The number of thiazole rings is 1. The first kappa shape index (κ1) is 13.0. The van der Waals surface area contributed by atoms with Crippen molar-refractivity contribution in [1.29, 1.82) is 0 Å². The highest BCUT2D eigenvalue weighted by Gasteiger charge is 2.65. The SMILES string of the molecule is CC1(C)[C@H](C(=O)O)[C@@H]1C(=O)NCCc1nccs1. The van der Waals surface area contributed by atoms with E-state index in [1.54, 1.807) is 17.5 Å². The topological polar surface area (TPSA) is 79.3 Å². The molecule has 98 valence electrons. The lowest BCUT2D eigenvalue weighted by Gasteiger charge is -2.04. The molecule has 0 unspecified atom stereocenters. The first-order chi connectivity index (χ1) is 8.44. The van der Waals surface area contributed by atoms with Gasteiger partial charge in [0.1, 0.15) is 0 Å². The lowest BCUT2D eigenvalue weighted by molar-refractivity contribution is -0.140. The van der Waals surface area contributed by atoms with Crippen LogP contribution in [0.2, 0.25) is 0 Å². The standard InChI is InChI=1S/C12H16N2O3S/c1-12(2)8(9(12)11(16)17)10(15)14-4-3-7-13-5-6-18-7/h5-6,8-9H,3-4H2,1-2H3,(H,14,15)(H,16,17)/t8-,9+/m1/s1. The monoisotopic (exact) mass is 268 g/mol. The highest BCUT2D eigenvalue weighted by molar-refractivity contribution is 7.09. The maximum atomic E-state index is 11.9. The van der Waals surface area contributed by atoms with E-state index in [1.807, 2.05) is 19.2 Å². The Kier molecular flexibility index (Phi) is 3.38. The number of aromatic nitrogens is 1. The third-order valence-corrected chi connectivity index (χ3v) is 4.34. The van der Waals surface area contributed by atoms with Crippen LogP contribution in [-0.4, -0.2) is 28.5 Å². The number of carboxylic acid groups (broad SMARTS) is 1. The number of carbonyl (C=O) groups is 2. The van der Waals surface area contributed by atoms with Gasteiger partial charge < -0.3 is 10.4 Å². The van der Waals surface area contributed by atoms with Crippen molar-refractivity contribution in [3.63, 3.8) is 0 Å². The third-order valence-electron chi connectivity index (χ3n) is 3.50. The zero-order valence-corrected chi connectivity index (χ0v) is 11.2. The number of hydrogen-bond donors (Lipinski definition) is 2. The molecule has 1 aromatic rings. The summed E-state index contributed by atoms with van der Waals surface area (Å²) in [7, 11) is 0. The molecule has 1 aliphatic rings. The van der Waals surface area contributed by atoms with Crippen LogP contribution in [0.5, 0.6) is 0 Å². The van der Waals surface area contributed by atoms with Crippen LogP contribution in [0.3, 0.4) is 0 Å². The van der Waals surface area contributed by atoms with Crippen molar-refractivity contribution in [3.05, 3.63) is 16.6 Å². The van der Waals surface area contributed by atoms with Crippen LogP contribution in [0.4, 0.5) is 0 Å². The van der Waals surface area contributed by atoms with Crippen LogP contribution < -0.4 is 5.32 Å². The summed E-state index contributed by atoms with van der Waals surface area (Å²) >= 11 is 1.55. The Hall–Kier alpha value is -1.43. The fourth-order valence-electron chi connectivity index (χ4n) is 2.37. The van der Waals surface area contributed by atoms with E-state index in [1.165, 1.54) is 0 Å². The maximum Gasteiger partial charge on any atom is 0.307 e. The van der Waals surface area contributed by atoms with Gasteiger partial charge in [-0.1, -0.05) is 13.8 Å². The van der Waals surface area contributed by atoms with Crippen molar-refractivity contribution in [2.45, 2.75) is 20.3 Å². The molecule has 18 heavy (non-hydrogen) atoms. The maximum absolute atomic E-state index is 11.9. The summed E-state index contributed by atoms with van der Waals surface area (Å²) in [5, 5.41) is 14.6. The molecule has 0 spiro atoms. The highest BCUT2D eigenvalue weighted by Crippen LogP contribution is 2.58. The molecule has 1 heterocycles. The number of nitrogens with zero attached hydrogens (tertiary/aromatic N) is 1. The van der Waals surface area contributed by atoms with Gasteiger partial charge in [0, 0.05) is 24.5 Å². The van der Waals surface area contributed by atoms with E-state index in [4.69, 9.17) is 5.11 Å². The molecule has 2 atom stereocenters. The average molecular weight is 268 g/mol. The van der Waals surface area contributed by atoms with Crippen LogP contribution in [0.1, 0.15) is 18.9 Å². The minimum Gasteiger partial charge on any atom is -0.481 e. The normalized spacial score (nSPS) is 24.6. The highest BCUT2D eigenvalue weighted by atomic mass is 32.1. The van der Waals surface area contributed by atoms with Gasteiger partial charge in [0.2, 0.25) is 5.91 Å². The molecule has 0 saturated heterocycles. The van der Waals surface area contributed by atoms with E-state index in [0.717, 1.165) is 5.01 Å². The number of amides is 1. The van der Waals surface area contributed by atoms with Crippen LogP contribution in [0, 0.1) is 17.3 Å². The number of nitrogens with one attached hydrogen (secondary N) is 1. The average Bonchev–Trinajstić information content (AvgIpc) is 2.65. The van der Waals surface area contributed by atoms with E-state index < -0.39 is 23.2 Å². The minimum atomic E-state index is -0.889. The molecule has 2 N–H and O–H groups in total. The summed E-state index contributed by atoms with van der Waals surface area (Å²) in [6.07, 6.45) is 2.42. The molecule has 6 heteroatoms. The van der Waals surface area contributed by atoms with Gasteiger partial charge in [0.15, 0.2) is 0 Å². The molecule has 1 aliphatic carbocycles. The van der Waals surface area contributed by atoms with Gasteiger partial charge >= 0.3 is 5.97 Å². The van der Waals surface area contributed by atoms with Gasteiger partial charge in [0.25, 0.3) is 0 Å². The second-order valence-electron chi connectivity index (χ2n) is 5.08. The predicted molar refractivity (Wildman–Crippen MR) is 67.2 cm³/mol. The number of rotatable bonds is 5. The number of aliphatic carboxylic acids is 1. The zero-order chi connectivity index (χ0) is 13.3. The second-order valence-corrected chi connectivity index (χ2v) is 6.06. The molecule has 1 aromatic heterocycles. The summed E-state index contributed by atoms with van der Waals surface area (Å²) in [6.45, 7) is 4.14. The van der Waals surface area contributed by atoms with Crippen molar-refractivity contribution >= 4 is 23.2 Å². The molecule has 0 bridgehead atoms. The van der Waals surface area contributed by atoms with Crippen LogP contribution in [0.15, 0.2) is 11.6 Å². The molecular formula is C12H16N2O3S. The molecular weight excluding hydrogens is 252 g/mol. The third kappa shape index (κ3) is 2.38. The van der Waals surface area contributed by atoms with Gasteiger partial charge in [-0.3, -0.25) is 9.59 Å². The van der Waals surface area contributed by atoms with Gasteiger partial charge in [-0.25, -0.2) is 4.98 Å². The summed E-state index contributed by atoms with van der Waals surface area (Å²) in [4.78, 5) is 27.0. The Morgan fingerprint density at radius 2 is 2.22 bits per heavy atom. The number of carboxylic acids is 1. The zero-order valence-electron chi connectivity index (χ0n) is 10.3. The Bertz CT molecular complexity index is 456. The van der Waals surface area contributed by atoms with Crippen molar-refractivity contribution in [2.75, 3.05) is 6.54 Å². The summed E-state index contributed by atoms with van der Waals surface area (Å²) in [6, 6.07) is 0. The predicted octanol–water partition coefficient (Wildman–Crippen LogP) is 1.16. The van der Waals surface area contributed by atoms with Crippen molar-refractivity contribution in [1.82, 2.24) is 10.3 Å². The molecule has 1 amide bonds. The minimum absolute atomic E-state index is 0.163. The van der Waals surface area contributed by atoms with Crippen molar-refractivity contribution < 1.29 is 14.7 Å². The van der Waals surface area contributed by atoms with E-state index in [-0.39, 0.29) is 5.91 Å². The molecule has 0 aromatic carbocycles. The Morgan fingerprint density at radius 3 is 2.72 bits per heavy atom. The summed E-state index contributed by atoms with van der Waals surface area (Å²) in [5.41, 5.74) is -0.433. The van der Waals surface area contributed by atoms with Gasteiger partial charge in [-0.2, -0.15) is 0 Å². The number of hydrogen-bond acceptors (Lipinski definition) is 4. The molecule has 1 fully saturated rings. The lowest BCUT2D eigenvalue weighted by atomic mass is 10.1. The van der Waals surface area contributed by atoms with Crippen LogP contribution in [-0.2, 0) is 16.0 Å². The molecule has 5 nitrogen and oxygen atoms in total. The first-order valence-electron chi connectivity index (χ1n) is 5.83. The lowest BCUT2D eigenvalue weighted by Crippen LogP contribution is -2.29. The molecule has 2 rings (SSSR count). The van der Waals surface area contributed by atoms with Crippen molar-refractivity contribution in [3.8, 4) is 0 Å². The van der Waals surface area contributed by atoms with Crippen LogP contribution in [0.25, 0.3) is 0 Å². The van der Waals surface area contributed by atoms with Gasteiger partial charge in [0.05, 0.1) is 16.8 Å². The fourth-order valence-corrected chi connectivity index (χ4v) is 2.99. The quantitative estimate of drug-likeness (QED) is 0.840. The van der Waals surface area contributed by atoms with Crippen LogP contribution >= 0.6 is 11.3 Å². The molecule has 0 radical (unpaired) electrons. The largest absolute Gasteiger partial charge is 0.481 e. The smallest absolute Gasteiger partial charge is 0.307 e. The molecule has 0 aliphatic heterocycles. The Balaban J connectivity index is 1.81. The first-order valence-corrected chi connectivity index (χ1v) is 6.71.